The number of rotatable bonds is 5. The van der Waals surface area contributed by atoms with Gasteiger partial charge in [0.15, 0.2) is 0 Å². The van der Waals surface area contributed by atoms with E-state index in [4.69, 9.17) is 0 Å². The van der Waals surface area contributed by atoms with E-state index < -0.39 is 10.0 Å². The summed E-state index contributed by atoms with van der Waals surface area (Å²) in [6.07, 6.45) is 7.40. The third-order valence-electron chi connectivity index (χ3n) is 4.57. The van der Waals surface area contributed by atoms with Crippen molar-refractivity contribution >= 4 is 26.0 Å². The monoisotopic (exact) mass is 337 g/mol. The van der Waals surface area contributed by atoms with Gasteiger partial charge in [0.05, 0.1) is 6.26 Å². The lowest BCUT2D eigenvalue weighted by Gasteiger charge is -2.37. The van der Waals surface area contributed by atoms with Crippen molar-refractivity contribution in [1.29, 1.82) is 0 Å². The molecule has 0 radical (unpaired) electrons. The van der Waals surface area contributed by atoms with Crippen molar-refractivity contribution in [1.82, 2.24) is 4.31 Å². The number of hydrogen-bond acceptors (Lipinski definition) is 2. The molecule has 2 aliphatic rings. The maximum Gasteiger partial charge on any atom is 0.211 e. The summed E-state index contributed by atoms with van der Waals surface area (Å²) in [5.74, 6) is 1.39. The highest BCUT2D eigenvalue weighted by Crippen LogP contribution is 2.50. The van der Waals surface area contributed by atoms with Crippen LogP contribution in [0.2, 0.25) is 0 Å². The first-order valence-corrected chi connectivity index (χ1v) is 9.83. The summed E-state index contributed by atoms with van der Waals surface area (Å²) in [5.41, 5.74) is 0.366. The van der Waals surface area contributed by atoms with Gasteiger partial charge >= 0.3 is 0 Å². The van der Waals surface area contributed by atoms with Crippen molar-refractivity contribution in [3.05, 3.63) is 0 Å². The molecular formula is C13H24BrNO2S. The second-order valence-electron chi connectivity index (χ2n) is 6.40. The zero-order valence-corrected chi connectivity index (χ0v) is 13.8. The quantitative estimate of drug-likeness (QED) is 0.723. The molecule has 0 bridgehead atoms. The molecule has 1 aliphatic heterocycles. The highest BCUT2D eigenvalue weighted by Gasteiger charge is 2.42. The molecule has 0 aromatic heterocycles. The van der Waals surface area contributed by atoms with Gasteiger partial charge in [0.1, 0.15) is 0 Å². The Morgan fingerprint density at radius 1 is 1.33 bits per heavy atom. The molecule has 0 N–H and O–H groups in total. The van der Waals surface area contributed by atoms with Gasteiger partial charge in [-0.3, -0.25) is 0 Å². The van der Waals surface area contributed by atoms with Crippen LogP contribution in [-0.2, 0) is 10.0 Å². The van der Waals surface area contributed by atoms with Gasteiger partial charge in [-0.2, -0.15) is 0 Å². The molecule has 2 unspecified atom stereocenters. The highest BCUT2D eigenvalue weighted by molar-refractivity contribution is 9.09. The first-order valence-electron chi connectivity index (χ1n) is 6.86. The molecule has 1 saturated carbocycles. The zero-order valence-electron chi connectivity index (χ0n) is 11.4. The van der Waals surface area contributed by atoms with Crippen LogP contribution in [0.3, 0.4) is 0 Å². The van der Waals surface area contributed by atoms with Gasteiger partial charge in [0, 0.05) is 18.4 Å². The zero-order chi connectivity index (χ0) is 13.4. The van der Waals surface area contributed by atoms with Gasteiger partial charge in [-0.25, -0.2) is 12.7 Å². The van der Waals surface area contributed by atoms with Crippen LogP contribution in [0.25, 0.3) is 0 Å². The van der Waals surface area contributed by atoms with Gasteiger partial charge in [-0.1, -0.05) is 22.9 Å². The summed E-state index contributed by atoms with van der Waals surface area (Å²) in [6.45, 7) is 3.80. The van der Waals surface area contributed by atoms with Crippen LogP contribution in [-0.4, -0.2) is 37.4 Å². The summed E-state index contributed by atoms with van der Waals surface area (Å²) in [5, 5.41) is 1.04. The fraction of sp³-hybridized carbons (Fsp3) is 1.00. The average molecular weight is 338 g/mol. The van der Waals surface area contributed by atoms with Gasteiger partial charge in [0.25, 0.3) is 0 Å². The molecule has 5 heteroatoms. The van der Waals surface area contributed by atoms with E-state index in [-0.39, 0.29) is 0 Å². The summed E-state index contributed by atoms with van der Waals surface area (Å²) in [7, 11) is -3.00. The van der Waals surface area contributed by atoms with E-state index in [2.05, 4.69) is 22.9 Å². The summed E-state index contributed by atoms with van der Waals surface area (Å²) in [4.78, 5) is 0. The number of hydrogen-bond donors (Lipinski definition) is 0. The SMILES string of the molecule is CC(CBr)(CC1CCCN(S(C)(=O)=O)C1)C1CC1. The first kappa shape index (κ1) is 14.8. The van der Waals surface area contributed by atoms with Gasteiger partial charge < -0.3 is 0 Å². The molecule has 0 amide bonds. The van der Waals surface area contributed by atoms with Crippen molar-refractivity contribution in [2.24, 2.45) is 17.3 Å². The summed E-state index contributed by atoms with van der Waals surface area (Å²) < 4.78 is 24.9. The van der Waals surface area contributed by atoms with E-state index in [1.54, 1.807) is 4.31 Å². The van der Waals surface area contributed by atoms with E-state index in [9.17, 15) is 8.42 Å². The Bertz CT molecular complexity index is 394. The highest BCUT2D eigenvalue weighted by atomic mass is 79.9. The second kappa shape index (κ2) is 5.41. The van der Waals surface area contributed by atoms with Crippen molar-refractivity contribution in [3.63, 3.8) is 0 Å². The molecule has 1 aliphatic carbocycles. The third kappa shape index (κ3) is 3.48. The van der Waals surface area contributed by atoms with E-state index in [0.717, 1.165) is 30.6 Å². The Balaban J connectivity index is 1.97. The number of sulfonamides is 1. The molecule has 18 heavy (non-hydrogen) atoms. The molecular weight excluding hydrogens is 314 g/mol. The van der Waals surface area contributed by atoms with Crippen LogP contribution < -0.4 is 0 Å². The van der Waals surface area contributed by atoms with Crippen molar-refractivity contribution in [2.45, 2.75) is 39.0 Å². The Morgan fingerprint density at radius 2 is 2.00 bits per heavy atom. The van der Waals surface area contributed by atoms with Crippen LogP contribution >= 0.6 is 15.9 Å². The molecule has 1 heterocycles. The van der Waals surface area contributed by atoms with Crippen LogP contribution in [0.15, 0.2) is 0 Å². The molecule has 0 spiro atoms. The van der Waals surface area contributed by atoms with Gasteiger partial charge in [-0.15, -0.1) is 0 Å². The Kier molecular flexibility index (Phi) is 4.44. The molecule has 0 aromatic carbocycles. The minimum atomic E-state index is -3.00. The summed E-state index contributed by atoms with van der Waals surface area (Å²) in [6, 6.07) is 0. The standard InChI is InChI=1S/C13H24BrNO2S/c1-13(10-14,12-5-6-12)8-11-4-3-7-15(9-11)18(2,16)17/h11-12H,3-10H2,1-2H3. The normalized spacial score (nSPS) is 30.1. The smallest absolute Gasteiger partial charge is 0.211 e. The number of halogens is 1. The van der Waals surface area contributed by atoms with E-state index in [1.807, 2.05) is 0 Å². The third-order valence-corrected chi connectivity index (χ3v) is 7.12. The lowest BCUT2D eigenvalue weighted by atomic mass is 9.76. The number of nitrogens with zero attached hydrogens (tertiary/aromatic N) is 1. The molecule has 3 nitrogen and oxygen atoms in total. The lowest BCUT2D eigenvalue weighted by Crippen LogP contribution is -2.41. The molecule has 2 atom stereocenters. The van der Waals surface area contributed by atoms with Crippen LogP contribution in [0, 0.1) is 17.3 Å². The van der Waals surface area contributed by atoms with E-state index in [1.165, 1.54) is 25.5 Å². The first-order chi connectivity index (χ1) is 8.35. The molecule has 2 rings (SSSR count). The minimum absolute atomic E-state index is 0.366. The maximum atomic E-state index is 11.6. The topological polar surface area (TPSA) is 37.4 Å². The maximum absolute atomic E-state index is 11.6. The molecule has 2 fully saturated rings. The largest absolute Gasteiger partial charge is 0.213 e. The predicted molar refractivity (Wildman–Crippen MR) is 78.4 cm³/mol. The Morgan fingerprint density at radius 3 is 2.50 bits per heavy atom. The lowest BCUT2D eigenvalue weighted by molar-refractivity contribution is 0.176. The van der Waals surface area contributed by atoms with Crippen LogP contribution in [0.4, 0.5) is 0 Å². The molecule has 0 aromatic rings. The predicted octanol–water partition coefficient (Wildman–Crippen LogP) is 2.86. The van der Waals surface area contributed by atoms with Crippen molar-refractivity contribution in [2.75, 3.05) is 24.7 Å². The molecule has 106 valence electrons. The summed E-state index contributed by atoms with van der Waals surface area (Å²) >= 11 is 3.66. The Hall–Kier alpha value is 0.390. The number of piperidine rings is 1. The van der Waals surface area contributed by atoms with Crippen molar-refractivity contribution < 1.29 is 8.42 Å². The van der Waals surface area contributed by atoms with Crippen molar-refractivity contribution in [3.8, 4) is 0 Å². The minimum Gasteiger partial charge on any atom is -0.213 e. The van der Waals surface area contributed by atoms with E-state index in [0.29, 0.717) is 17.9 Å². The van der Waals surface area contributed by atoms with Crippen LogP contribution in [0.1, 0.15) is 39.0 Å². The van der Waals surface area contributed by atoms with E-state index >= 15 is 0 Å². The average Bonchev–Trinajstić information content (AvgIpc) is 3.12. The van der Waals surface area contributed by atoms with Gasteiger partial charge in [0.2, 0.25) is 10.0 Å². The van der Waals surface area contributed by atoms with Gasteiger partial charge in [-0.05, 0) is 49.4 Å². The second-order valence-corrected chi connectivity index (χ2v) is 8.94. The Labute approximate surface area is 119 Å². The fourth-order valence-electron chi connectivity index (χ4n) is 3.26. The fourth-order valence-corrected chi connectivity index (χ4v) is 4.89. The molecule has 1 saturated heterocycles. The van der Waals surface area contributed by atoms with Crippen LogP contribution in [0.5, 0.6) is 0 Å². The number of alkyl halides is 1.